The zero-order valence-corrected chi connectivity index (χ0v) is 22.8. The van der Waals surface area contributed by atoms with Gasteiger partial charge in [0.1, 0.15) is 0 Å². The molecule has 2 amide bonds. The maximum atomic E-state index is 13.9. The van der Waals surface area contributed by atoms with Gasteiger partial charge in [-0.3, -0.25) is 14.5 Å². The Balaban J connectivity index is 1.24. The highest BCUT2D eigenvalue weighted by Crippen LogP contribution is 2.34. The van der Waals surface area contributed by atoms with Crippen molar-refractivity contribution >= 4 is 35.0 Å². The van der Waals surface area contributed by atoms with Gasteiger partial charge in [0.15, 0.2) is 0 Å². The molecule has 2 aliphatic heterocycles. The van der Waals surface area contributed by atoms with E-state index in [1.165, 1.54) is 5.56 Å². The third-order valence-electron chi connectivity index (χ3n) is 7.60. The SMILES string of the molecule is Cc1cccc2c1N(C(=O)c1ccc(NC(=O)c3ccccc3-c3ccccc3)cc1)CC1CSCCN1C2. The Bertz CT molecular complexity index is 1500. The highest BCUT2D eigenvalue weighted by Gasteiger charge is 2.33. The van der Waals surface area contributed by atoms with Crippen LogP contribution in [0.1, 0.15) is 31.8 Å². The first-order chi connectivity index (χ1) is 19.1. The molecular formula is C33H31N3O2S. The first kappa shape index (κ1) is 25.4. The smallest absolute Gasteiger partial charge is 0.258 e. The molecule has 2 heterocycles. The number of rotatable bonds is 4. The van der Waals surface area contributed by atoms with Gasteiger partial charge in [-0.2, -0.15) is 11.8 Å². The molecule has 0 spiro atoms. The van der Waals surface area contributed by atoms with E-state index in [2.05, 4.69) is 35.3 Å². The summed E-state index contributed by atoms with van der Waals surface area (Å²) in [6.45, 7) is 4.69. The van der Waals surface area contributed by atoms with E-state index in [9.17, 15) is 9.59 Å². The number of fused-ring (bicyclic) bond motifs is 2. The predicted molar refractivity (Wildman–Crippen MR) is 161 cm³/mol. The minimum absolute atomic E-state index is 0.00438. The number of hydrogen-bond donors (Lipinski definition) is 1. The summed E-state index contributed by atoms with van der Waals surface area (Å²) in [5.74, 6) is 1.98. The second kappa shape index (κ2) is 11.1. The number of amides is 2. The Morgan fingerprint density at radius 3 is 2.46 bits per heavy atom. The van der Waals surface area contributed by atoms with Crippen molar-refractivity contribution in [3.05, 3.63) is 119 Å². The largest absolute Gasteiger partial charge is 0.322 e. The molecule has 6 rings (SSSR count). The fourth-order valence-electron chi connectivity index (χ4n) is 5.61. The van der Waals surface area contributed by atoms with Crippen molar-refractivity contribution in [3.63, 3.8) is 0 Å². The lowest BCUT2D eigenvalue weighted by Crippen LogP contribution is -2.48. The van der Waals surface area contributed by atoms with Crippen LogP contribution in [0, 0.1) is 6.92 Å². The molecule has 6 heteroatoms. The first-order valence-electron chi connectivity index (χ1n) is 13.4. The van der Waals surface area contributed by atoms with Crippen LogP contribution in [0.25, 0.3) is 11.1 Å². The van der Waals surface area contributed by atoms with Crippen molar-refractivity contribution in [2.75, 3.05) is 34.8 Å². The molecule has 0 saturated carbocycles. The standard InChI is InChI=1S/C33H31N3O2S/c1-23-8-7-11-26-20-35-18-19-39-22-28(35)21-36(31(23)26)33(38)25-14-16-27(17-15-25)34-32(37)30-13-6-5-12-29(30)24-9-3-2-4-10-24/h2-17,28H,18-22H2,1H3,(H,34,37). The average Bonchev–Trinajstić information content (AvgIpc) is 3.15. The van der Waals surface area contributed by atoms with Gasteiger partial charge in [0.05, 0.1) is 5.69 Å². The van der Waals surface area contributed by atoms with Crippen molar-refractivity contribution in [3.8, 4) is 11.1 Å². The zero-order chi connectivity index (χ0) is 26.8. The molecule has 196 valence electrons. The van der Waals surface area contributed by atoms with Gasteiger partial charge in [-0.15, -0.1) is 0 Å². The number of anilines is 2. The molecule has 2 aliphatic rings. The number of carbonyl (C=O) groups is 2. The fourth-order valence-corrected chi connectivity index (χ4v) is 6.72. The van der Waals surface area contributed by atoms with E-state index in [1.54, 1.807) is 0 Å². The molecule has 1 fully saturated rings. The van der Waals surface area contributed by atoms with Gasteiger partial charge in [-0.25, -0.2) is 0 Å². The Kier molecular flexibility index (Phi) is 7.22. The van der Waals surface area contributed by atoms with Gasteiger partial charge >= 0.3 is 0 Å². The number of para-hydroxylation sites is 1. The average molecular weight is 534 g/mol. The molecule has 0 aliphatic carbocycles. The quantitative estimate of drug-likeness (QED) is 0.326. The van der Waals surface area contributed by atoms with Gasteiger partial charge < -0.3 is 10.2 Å². The molecule has 0 bridgehead atoms. The lowest BCUT2D eigenvalue weighted by atomic mass is 9.99. The molecule has 0 aromatic heterocycles. The van der Waals surface area contributed by atoms with Gasteiger partial charge in [-0.1, -0.05) is 66.7 Å². The maximum absolute atomic E-state index is 13.9. The molecule has 1 saturated heterocycles. The summed E-state index contributed by atoms with van der Waals surface area (Å²) in [6.07, 6.45) is 0. The third-order valence-corrected chi connectivity index (χ3v) is 8.69. The van der Waals surface area contributed by atoms with Crippen LogP contribution in [0.2, 0.25) is 0 Å². The normalized spacial score (nSPS) is 17.1. The first-order valence-corrected chi connectivity index (χ1v) is 14.5. The Hall–Kier alpha value is -3.87. The lowest BCUT2D eigenvalue weighted by Gasteiger charge is -2.35. The predicted octanol–water partition coefficient (Wildman–Crippen LogP) is 6.49. The summed E-state index contributed by atoms with van der Waals surface area (Å²) in [4.78, 5) is 31.6. The van der Waals surface area contributed by atoms with E-state index < -0.39 is 0 Å². The van der Waals surface area contributed by atoms with E-state index in [4.69, 9.17) is 0 Å². The third kappa shape index (κ3) is 5.22. The molecule has 1 N–H and O–H groups in total. The number of aryl methyl sites for hydroxylation is 1. The number of hydrogen-bond acceptors (Lipinski definition) is 4. The summed E-state index contributed by atoms with van der Waals surface area (Å²) in [5, 5.41) is 3.01. The highest BCUT2D eigenvalue weighted by atomic mass is 32.2. The van der Waals surface area contributed by atoms with Gasteiger partial charge in [-0.05, 0) is 59.5 Å². The zero-order valence-electron chi connectivity index (χ0n) is 22.0. The molecule has 4 aromatic carbocycles. The van der Waals surface area contributed by atoms with E-state index in [1.807, 2.05) is 95.5 Å². The van der Waals surface area contributed by atoms with Gasteiger partial charge in [0.25, 0.3) is 11.8 Å². The summed E-state index contributed by atoms with van der Waals surface area (Å²) in [5.41, 5.74) is 7.12. The van der Waals surface area contributed by atoms with Crippen LogP contribution in [0.4, 0.5) is 11.4 Å². The van der Waals surface area contributed by atoms with Crippen molar-refractivity contribution in [2.45, 2.75) is 19.5 Å². The van der Waals surface area contributed by atoms with Crippen LogP contribution >= 0.6 is 11.8 Å². The summed E-state index contributed by atoms with van der Waals surface area (Å²) in [7, 11) is 0. The molecule has 1 atom stereocenters. The molecule has 1 unspecified atom stereocenters. The van der Waals surface area contributed by atoms with Crippen LogP contribution in [0.3, 0.4) is 0 Å². The Labute approximate surface area is 233 Å². The summed E-state index contributed by atoms with van der Waals surface area (Å²) >= 11 is 1.97. The summed E-state index contributed by atoms with van der Waals surface area (Å²) < 4.78 is 0. The van der Waals surface area contributed by atoms with Gasteiger partial charge in [0, 0.05) is 54.0 Å². The monoisotopic (exact) mass is 533 g/mol. The van der Waals surface area contributed by atoms with Crippen molar-refractivity contribution in [1.29, 1.82) is 0 Å². The van der Waals surface area contributed by atoms with E-state index in [0.717, 1.165) is 47.0 Å². The Morgan fingerprint density at radius 1 is 0.872 bits per heavy atom. The lowest BCUT2D eigenvalue weighted by molar-refractivity contribution is 0.0978. The van der Waals surface area contributed by atoms with Crippen molar-refractivity contribution in [1.82, 2.24) is 4.90 Å². The molecule has 39 heavy (non-hydrogen) atoms. The fraction of sp³-hybridized carbons (Fsp3) is 0.212. The number of nitrogens with zero attached hydrogens (tertiary/aromatic N) is 2. The van der Waals surface area contributed by atoms with Gasteiger partial charge in [0.2, 0.25) is 0 Å². The van der Waals surface area contributed by atoms with Crippen LogP contribution in [0.15, 0.2) is 97.1 Å². The van der Waals surface area contributed by atoms with Crippen LogP contribution in [-0.4, -0.2) is 47.4 Å². The molecule has 5 nitrogen and oxygen atoms in total. The Morgan fingerprint density at radius 2 is 1.64 bits per heavy atom. The molecular weight excluding hydrogens is 502 g/mol. The number of nitrogens with one attached hydrogen (secondary N) is 1. The molecule has 4 aromatic rings. The second-order valence-electron chi connectivity index (χ2n) is 10.1. The van der Waals surface area contributed by atoms with Crippen LogP contribution in [-0.2, 0) is 6.54 Å². The number of carbonyl (C=O) groups excluding carboxylic acids is 2. The van der Waals surface area contributed by atoms with Crippen LogP contribution < -0.4 is 10.2 Å². The van der Waals surface area contributed by atoms with E-state index >= 15 is 0 Å². The maximum Gasteiger partial charge on any atom is 0.258 e. The van der Waals surface area contributed by atoms with Crippen molar-refractivity contribution in [2.24, 2.45) is 0 Å². The van der Waals surface area contributed by atoms with Crippen LogP contribution in [0.5, 0.6) is 0 Å². The number of thioether (sulfide) groups is 1. The highest BCUT2D eigenvalue weighted by molar-refractivity contribution is 7.99. The number of benzene rings is 4. The second-order valence-corrected chi connectivity index (χ2v) is 11.3. The summed E-state index contributed by atoms with van der Waals surface area (Å²) in [6, 6.07) is 31.4. The van der Waals surface area contributed by atoms with E-state index in [-0.39, 0.29) is 11.8 Å². The van der Waals surface area contributed by atoms with E-state index in [0.29, 0.717) is 29.4 Å². The minimum Gasteiger partial charge on any atom is -0.322 e. The minimum atomic E-state index is -0.180. The van der Waals surface area contributed by atoms with Crippen molar-refractivity contribution < 1.29 is 9.59 Å². The molecule has 0 radical (unpaired) electrons. The topological polar surface area (TPSA) is 52.7 Å².